The van der Waals surface area contributed by atoms with Crippen LogP contribution in [-0.2, 0) is 22.5 Å². The molecule has 1 N–H and O–H groups in total. The molecular formula is C16H19NO4. The van der Waals surface area contributed by atoms with Crippen LogP contribution in [0.3, 0.4) is 0 Å². The predicted octanol–water partition coefficient (Wildman–Crippen LogP) is 1.70. The van der Waals surface area contributed by atoms with Gasteiger partial charge in [0.05, 0.1) is 18.1 Å². The summed E-state index contributed by atoms with van der Waals surface area (Å²) in [7, 11) is 0. The number of amides is 1. The van der Waals surface area contributed by atoms with Crippen molar-refractivity contribution in [2.24, 2.45) is 5.92 Å². The predicted molar refractivity (Wildman–Crippen MR) is 76.1 cm³/mol. The standard InChI is InChI=1S/C16H19NO4/c18-15(12-4-2-8-21-10-12)17-7-6-13-11(9-17)3-1-5-14(13)16(19)20/h1,3,5,12H,2,4,6-10H2,(H,19,20). The van der Waals surface area contributed by atoms with Crippen LogP contribution in [0.25, 0.3) is 0 Å². The maximum Gasteiger partial charge on any atom is 0.335 e. The lowest BCUT2D eigenvalue weighted by Crippen LogP contribution is -2.42. The second-order valence-corrected chi connectivity index (χ2v) is 5.67. The van der Waals surface area contributed by atoms with Gasteiger partial charge in [0.25, 0.3) is 0 Å². The summed E-state index contributed by atoms with van der Waals surface area (Å²) in [6.45, 7) is 2.35. The molecule has 1 aromatic rings. The maximum absolute atomic E-state index is 12.5. The minimum Gasteiger partial charge on any atom is -0.478 e. The van der Waals surface area contributed by atoms with Crippen molar-refractivity contribution in [3.05, 3.63) is 34.9 Å². The van der Waals surface area contributed by atoms with E-state index in [4.69, 9.17) is 4.74 Å². The Morgan fingerprint density at radius 2 is 2.19 bits per heavy atom. The number of carboxylic acid groups (broad SMARTS) is 1. The molecule has 5 heteroatoms. The fraction of sp³-hybridized carbons (Fsp3) is 0.500. The summed E-state index contributed by atoms with van der Waals surface area (Å²) in [6, 6.07) is 5.30. The van der Waals surface area contributed by atoms with Crippen molar-refractivity contribution in [2.45, 2.75) is 25.8 Å². The molecule has 0 bridgehead atoms. The number of hydrogen-bond donors (Lipinski definition) is 1. The molecule has 2 heterocycles. The number of ether oxygens (including phenoxy) is 1. The summed E-state index contributed by atoms with van der Waals surface area (Å²) in [5, 5.41) is 9.22. The molecule has 2 aliphatic heterocycles. The van der Waals surface area contributed by atoms with Crippen molar-refractivity contribution >= 4 is 11.9 Å². The van der Waals surface area contributed by atoms with Gasteiger partial charge in [-0.05, 0) is 36.5 Å². The fourth-order valence-electron chi connectivity index (χ4n) is 3.19. The number of carbonyl (C=O) groups is 2. The normalized spacial score (nSPS) is 21.7. The van der Waals surface area contributed by atoms with Gasteiger partial charge in [0.2, 0.25) is 5.91 Å². The smallest absolute Gasteiger partial charge is 0.335 e. The van der Waals surface area contributed by atoms with Gasteiger partial charge in [-0.1, -0.05) is 12.1 Å². The van der Waals surface area contributed by atoms with Crippen LogP contribution in [0.15, 0.2) is 18.2 Å². The third kappa shape index (κ3) is 2.78. The first kappa shape index (κ1) is 14.1. The molecule has 1 saturated heterocycles. The molecule has 112 valence electrons. The number of hydrogen-bond acceptors (Lipinski definition) is 3. The van der Waals surface area contributed by atoms with Gasteiger partial charge in [-0.3, -0.25) is 4.79 Å². The lowest BCUT2D eigenvalue weighted by molar-refractivity contribution is -0.140. The molecule has 1 fully saturated rings. The van der Waals surface area contributed by atoms with Crippen molar-refractivity contribution in [3.8, 4) is 0 Å². The lowest BCUT2D eigenvalue weighted by atomic mass is 9.93. The molecule has 21 heavy (non-hydrogen) atoms. The Hall–Kier alpha value is -1.88. The van der Waals surface area contributed by atoms with E-state index in [1.54, 1.807) is 12.1 Å². The third-order valence-electron chi connectivity index (χ3n) is 4.32. The second kappa shape index (κ2) is 5.85. The van der Waals surface area contributed by atoms with Crippen molar-refractivity contribution in [2.75, 3.05) is 19.8 Å². The van der Waals surface area contributed by atoms with Gasteiger partial charge in [0, 0.05) is 19.7 Å². The van der Waals surface area contributed by atoms with E-state index in [1.807, 2.05) is 11.0 Å². The van der Waals surface area contributed by atoms with Crippen molar-refractivity contribution < 1.29 is 19.4 Å². The number of nitrogens with zero attached hydrogens (tertiary/aromatic N) is 1. The summed E-state index contributed by atoms with van der Waals surface area (Å²) < 4.78 is 5.39. The first-order valence-corrected chi connectivity index (χ1v) is 7.37. The van der Waals surface area contributed by atoms with Crippen LogP contribution in [0.2, 0.25) is 0 Å². The fourth-order valence-corrected chi connectivity index (χ4v) is 3.19. The Labute approximate surface area is 123 Å². The van der Waals surface area contributed by atoms with Gasteiger partial charge >= 0.3 is 5.97 Å². The maximum atomic E-state index is 12.5. The lowest BCUT2D eigenvalue weighted by Gasteiger charge is -2.33. The number of fused-ring (bicyclic) bond motifs is 1. The van der Waals surface area contributed by atoms with E-state index in [1.165, 1.54) is 0 Å². The zero-order valence-electron chi connectivity index (χ0n) is 11.9. The van der Waals surface area contributed by atoms with Crippen molar-refractivity contribution in [3.63, 3.8) is 0 Å². The SMILES string of the molecule is O=C(O)c1cccc2c1CCN(C(=O)C1CCCOC1)C2. The summed E-state index contributed by atoms with van der Waals surface area (Å²) in [5.41, 5.74) is 2.18. The number of carboxylic acids is 1. The molecule has 1 atom stereocenters. The average Bonchev–Trinajstić information content (AvgIpc) is 2.53. The average molecular weight is 289 g/mol. The number of benzene rings is 1. The Kier molecular flexibility index (Phi) is 3.92. The van der Waals surface area contributed by atoms with Crippen LogP contribution < -0.4 is 0 Å². The number of carbonyl (C=O) groups excluding carboxylic acids is 1. The highest BCUT2D eigenvalue weighted by Crippen LogP contribution is 2.25. The van der Waals surface area contributed by atoms with Crippen LogP contribution in [0.1, 0.15) is 34.3 Å². The second-order valence-electron chi connectivity index (χ2n) is 5.67. The van der Waals surface area contributed by atoms with Crippen molar-refractivity contribution in [1.29, 1.82) is 0 Å². The first-order valence-electron chi connectivity index (χ1n) is 7.37. The van der Waals surface area contributed by atoms with E-state index in [0.29, 0.717) is 31.7 Å². The topological polar surface area (TPSA) is 66.8 Å². The van der Waals surface area contributed by atoms with Crippen LogP contribution in [0.5, 0.6) is 0 Å². The molecule has 1 aromatic carbocycles. The Bertz CT molecular complexity index is 563. The van der Waals surface area contributed by atoms with Crippen LogP contribution in [-0.4, -0.2) is 41.6 Å². The van der Waals surface area contributed by atoms with Gasteiger partial charge in [-0.25, -0.2) is 4.79 Å². The summed E-state index contributed by atoms with van der Waals surface area (Å²) >= 11 is 0. The Morgan fingerprint density at radius 1 is 1.33 bits per heavy atom. The minimum atomic E-state index is -0.896. The zero-order valence-corrected chi connectivity index (χ0v) is 11.9. The molecule has 0 aliphatic carbocycles. The molecule has 1 amide bonds. The molecule has 0 radical (unpaired) electrons. The van der Waals surface area contributed by atoms with Crippen LogP contribution >= 0.6 is 0 Å². The quantitative estimate of drug-likeness (QED) is 0.900. The highest BCUT2D eigenvalue weighted by atomic mass is 16.5. The molecule has 0 aromatic heterocycles. The zero-order chi connectivity index (χ0) is 14.8. The minimum absolute atomic E-state index is 0.0389. The van der Waals surface area contributed by atoms with Gasteiger partial charge in [-0.15, -0.1) is 0 Å². The van der Waals surface area contributed by atoms with Crippen LogP contribution in [0, 0.1) is 5.92 Å². The summed E-state index contributed by atoms with van der Waals surface area (Å²) in [6.07, 6.45) is 2.43. The van der Waals surface area contributed by atoms with E-state index in [9.17, 15) is 14.7 Å². The largest absolute Gasteiger partial charge is 0.478 e. The van der Waals surface area contributed by atoms with Crippen LogP contribution in [0.4, 0.5) is 0 Å². The highest BCUT2D eigenvalue weighted by molar-refractivity contribution is 5.90. The molecule has 1 unspecified atom stereocenters. The molecular weight excluding hydrogens is 270 g/mol. The van der Waals surface area contributed by atoms with Gasteiger partial charge in [0.1, 0.15) is 0 Å². The molecule has 0 saturated carbocycles. The molecule has 5 nitrogen and oxygen atoms in total. The summed E-state index contributed by atoms with van der Waals surface area (Å²) in [4.78, 5) is 25.6. The monoisotopic (exact) mass is 289 g/mol. The van der Waals surface area contributed by atoms with E-state index in [2.05, 4.69) is 0 Å². The van der Waals surface area contributed by atoms with E-state index in [0.717, 1.165) is 30.6 Å². The molecule has 3 rings (SSSR count). The van der Waals surface area contributed by atoms with Crippen molar-refractivity contribution in [1.82, 2.24) is 4.90 Å². The number of aromatic carboxylic acids is 1. The van der Waals surface area contributed by atoms with E-state index >= 15 is 0 Å². The molecule has 2 aliphatic rings. The molecule has 0 spiro atoms. The number of rotatable bonds is 2. The summed E-state index contributed by atoms with van der Waals surface area (Å²) in [5.74, 6) is -0.795. The van der Waals surface area contributed by atoms with Gasteiger partial charge in [0.15, 0.2) is 0 Å². The van der Waals surface area contributed by atoms with Gasteiger partial charge < -0.3 is 14.7 Å². The first-order chi connectivity index (χ1) is 10.2. The van der Waals surface area contributed by atoms with Gasteiger partial charge in [-0.2, -0.15) is 0 Å². The van der Waals surface area contributed by atoms with E-state index in [-0.39, 0.29) is 11.8 Å². The Balaban J connectivity index is 1.77. The Morgan fingerprint density at radius 3 is 2.90 bits per heavy atom. The third-order valence-corrected chi connectivity index (χ3v) is 4.32. The van der Waals surface area contributed by atoms with E-state index < -0.39 is 5.97 Å². The highest BCUT2D eigenvalue weighted by Gasteiger charge is 2.30.